The summed E-state index contributed by atoms with van der Waals surface area (Å²) in [5.74, 6) is 0. The number of rotatable bonds is 1. The number of hydrogen-bond acceptors (Lipinski definition) is 0. The molecule has 2 aromatic rings. The fraction of sp³-hybridized carbons (Fsp3) is 0.368. The first-order valence-electron chi connectivity index (χ1n) is 7.74. The van der Waals surface area contributed by atoms with Gasteiger partial charge < -0.3 is 0 Å². The SMILES string of the molecule is Cc1ccc(C(F)(C(F)(F)F)C(F)(F)F)cc1C.Cc1ccc(I)cc1C. The predicted molar refractivity (Wildman–Crippen MR) is 99.4 cm³/mol. The summed E-state index contributed by atoms with van der Waals surface area (Å²) in [5.41, 5.74) is -3.42. The average molecular weight is 506 g/mol. The Labute approximate surface area is 166 Å². The Hall–Kier alpha value is -1.32. The standard InChI is InChI=1S/C11H9F7.C8H9I/c1-6-3-4-8(5-7(6)2)9(12,10(13,14)15)11(16,17)18;1-6-3-4-8(9)5-7(6)2/h3-5H,1-2H3;3-5H,1-2H3. The predicted octanol–water partition coefficient (Wildman–Crippen LogP) is 7.50. The number of halogens is 8. The average Bonchev–Trinajstić information content (AvgIpc) is 2.51. The van der Waals surface area contributed by atoms with Gasteiger partial charge in [-0.05, 0) is 84.7 Å². The second-order valence-electron chi connectivity index (χ2n) is 6.18. The van der Waals surface area contributed by atoms with E-state index in [4.69, 9.17) is 0 Å². The van der Waals surface area contributed by atoms with Crippen molar-refractivity contribution in [2.24, 2.45) is 0 Å². The minimum Gasteiger partial charge on any atom is -0.218 e. The largest absolute Gasteiger partial charge is 0.435 e. The molecule has 0 atom stereocenters. The minimum absolute atomic E-state index is 0.156. The van der Waals surface area contributed by atoms with Crippen molar-refractivity contribution < 1.29 is 30.7 Å². The molecule has 0 saturated carbocycles. The summed E-state index contributed by atoms with van der Waals surface area (Å²) >= 11 is 2.32. The fourth-order valence-corrected chi connectivity index (χ4v) is 2.80. The lowest BCUT2D eigenvalue weighted by atomic mass is 9.91. The number of hydrogen-bond donors (Lipinski definition) is 0. The van der Waals surface area contributed by atoms with Crippen molar-refractivity contribution in [1.29, 1.82) is 0 Å². The highest BCUT2D eigenvalue weighted by Crippen LogP contribution is 2.53. The molecule has 0 unspecified atom stereocenters. The van der Waals surface area contributed by atoms with Gasteiger partial charge in [-0.15, -0.1) is 0 Å². The van der Waals surface area contributed by atoms with Gasteiger partial charge in [0, 0.05) is 9.13 Å². The lowest BCUT2D eigenvalue weighted by Gasteiger charge is -2.30. The van der Waals surface area contributed by atoms with E-state index < -0.39 is 23.6 Å². The van der Waals surface area contributed by atoms with Crippen molar-refractivity contribution in [2.45, 2.75) is 45.7 Å². The van der Waals surface area contributed by atoms with Crippen LogP contribution in [0.15, 0.2) is 36.4 Å². The molecule has 0 bridgehead atoms. The Morgan fingerprint density at radius 1 is 0.593 bits per heavy atom. The topological polar surface area (TPSA) is 0 Å². The highest BCUT2D eigenvalue weighted by molar-refractivity contribution is 14.1. The van der Waals surface area contributed by atoms with Gasteiger partial charge in [0.05, 0.1) is 0 Å². The van der Waals surface area contributed by atoms with Crippen LogP contribution in [-0.4, -0.2) is 12.4 Å². The third kappa shape index (κ3) is 5.36. The summed E-state index contributed by atoms with van der Waals surface area (Å²) in [6, 6.07) is 8.56. The van der Waals surface area contributed by atoms with Crippen molar-refractivity contribution in [2.75, 3.05) is 0 Å². The molecule has 0 amide bonds. The Morgan fingerprint density at radius 3 is 1.33 bits per heavy atom. The first-order chi connectivity index (χ1) is 12.1. The molecular weight excluding hydrogens is 488 g/mol. The van der Waals surface area contributed by atoms with Crippen LogP contribution < -0.4 is 0 Å². The van der Waals surface area contributed by atoms with E-state index in [2.05, 4.69) is 54.6 Å². The van der Waals surface area contributed by atoms with Gasteiger partial charge in [-0.25, -0.2) is 4.39 Å². The molecule has 27 heavy (non-hydrogen) atoms. The molecule has 0 aliphatic heterocycles. The molecule has 0 radical (unpaired) electrons. The van der Waals surface area contributed by atoms with E-state index in [0.717, 1.165) is 6.07 Å². The summed E-state index contributed by atoms with van der Waals surface area (Å²) in [5, 5.41) is 0. The maximum Gasteiger partial charge on any atom is 0.435 e. The van der Waals surface area contributed by atoms with Crippen LogP contribution >= 0.6 is 22.6 Å². The molecule has 2 aromatic carbocycles. The molecule has 150 valence electrons. The van der Waals surface area contributed by atoms with Crippen molar-refractivity contribution in [1.82, 2.24) is 0 Å². The van der Waals surface area contributed by atoms with E-state index >= 15 is 0 Å². The molecule has 0 aliphatic carbocycles. The summed E-state index contributed by atoms with van der Waals surface area (Å²) in [6.07, 6.45) is -12.1. The van der Waals surface area contributed by atoms with Crippen LogP contribution in [0.5, 0.6) is 0 Å². The molecule has 8 heteroatoms. The van der Waals surface area contributed by atoms with Gasteiger partial charge in [-0.3, -0.25) is 0 Å². The van der Waals surface area contributed by atoms with Crippen molar-refractivity contribution in [3.8, 4) is 0 Å². The maximum atomic E-state index is 13.6. The van der Waals surface area contributed by atoms with E-state index in [1.807, 2.05) is 0 Å². The van der Waals surface area contributed by atoms with Crippen LogP contribution in [0.4, 0.5) is 30.7 Å². The van der Waals surface area contributed by atoms with Crippen LogP contribution in [-0.2, 0) is 5.67 Å². The van der Waals surface area contributed by atoms with E-state index in [9.17, 15) is 30.7 Å². The molecule has 0 spiro atoms. The number of alkyl halides is 7. The monoisotopic (exact) mass is 506 g/mol. The van der Waals surface area contributed by atoms with Crippen LogP contribution in [0.3, 0.4) is 0 Å². The van der Waals surface area contributed by atoms with Gasteiger partial charge in [-0.2, -0.15) is 26.3 Å². The van der Waals surface area contributed by atoms with Gasteiger partial charge in [0.15, 0.2) is 0 Å². The first-order valence-corrected chi connectivity index (χ1v) is 8.82. The fourth-order valence-electron chi connectivity index (χ4n) is 2.15. The van der Waals surface area contributed by atoms with Crippen molar-refractivity contribution in [3.05, 3.63) is 67.8 Å². The molecule has 0 saturated heterocycles. The smallest absolute Gasteiger partial charge is 0.218 e. The summed E-state index contributed by atoms with van der Waals surface area (Å²) in [6.45, 7) is 7.08. The van der Waals surface area contributed by atoms with E-state index in [1.165, 1.54) is 28.5 Å². The summed E-state index contributed by atoms with van der Waals surface area (Å²) in [4.78, 5) is 0. The van der Waals surface area contributed by atoms with Gasteiger partial charge in [0.1, 0.15) is 0 Å². The zero-order valence-electron chi connectivity index (χ0n) is 15.0. The second-order valence-corrected chi connectivity index (χ2v) is 7.43. The van der Waals surface area contributed by atoms with E-state index in [0.29, 0.717) is 17.7 Å². The van der Waals surface area contributed by atoms with E-state index in [1.54, 1.807) is 0 Å². The van der Waals surface area contributed by atoms with Crippen molar-refractivity contribution >= 4 is 22.6 Å². The molecule has 0 aliphatic rings. The molecule has 0 aromatic heterocycles. The molecule has 0 nitrogen and oxygen atoms in total. The quantitative estimate of drug-likeness (QED) is 0.278. The van der Waals surface area contributed by atoms with Crippen LogP contribution in [0.2, 0.25) is 0 Å². The van der Waals surface area contributed by atoms with Crippen LogP contribution in [0.25, 0.3) is 0 Å². The number of benzene rings is 2. The Bertz CT molecular complexity index is 778. The zero-order valence-corrected chi connectivity index (χ0v) is 17.1. The van der Waals surface area contributed by atoms with Gasteiger partial charge in [-0.1, -0.05) is 24.3 Å². The molecule has 2 rings (SSSR count). The minimum atomic E-state index is -6.06. The number of aryl methyl sites for hydroxylation is 4. The van der Waals surface area contributed by atoms with E-state index in [-0.39, 0.29) is 5.56 Å². The van der Waals surface area contributed by atoms with Crippen LogP contribution in [0.1, 0.15) is 27.8 Å². The molecule has 0 heterocycles. The maximum absolute atomic E-state index is 13.6. The van der Waals surface area contributed by atoms with Gasteiger partial charge >= 0.3 is 18.0 Å². The lowest BCUT2D eigenvalue weighted by Crippen LogP contribution is -2.50. The Morgan fingerprint density at radius 2 is 1.00 bits per heavy atom. The van der Waals surface area contributed by atoms with Gasteiger partial charge in [0.2, 0.25) is 0 Å². The molecular formula is C19H18F7I. The van der Waals surface area contributed by atoms with Crippen molar-refractivity contribution in [3.63, 3.8) is 0 Å². The third-order valence-corrected chi connectivity index (χ3v) is 4.83. The Balaban J connectivity index is 0.000000337. The Kier molecular flexibility index (Phi) is 7.35. The second kappa shape index (κ2) is 8.36. The normalized spacial score (nSPS) is 12.4. The van der Waals surface area contributed by atoms with Gasteiger partial charge in [0.25, 0.3) is 0 Å². The highest BCUT2D eigenvalue weighted by atomic mass is 127. The zero-order chi connectivity index (χ0) is 21.2. The summed E-state index contributed by atoms with van der Waals surface area (Å²) in [7, 11) is 0. The summed E-state index contributed by atoms with van der Waals surface area (Å²) < 4.78 is 89.5. The third-order valence-electron chi connectivity index (χ3n) is 4.15. The first kappa shape index (κ1) is 23.7. The highest BCUT2D eigenvalue weighted by Gasteiger charge is 2.73. The van der Waals surface area contributed by atoms with Crippen LogP contribution in [0, 0.1) is 31.3 Å². The molecule has 0 fully saturated rings. The molecule has 0 N–H and O–H groups in total. The lowest BCUT2D eigenvalue weighted by molar-refractivity contribution is -0.348.